The van der Waals surface area contributed by atoms with E-state index in [2.05, 4.69) is 16.1 Å². The first-order chi connectivity index (χ1) is 10.1. The molecule has 3 rings (SSSR count). The summed E-state index contributed by atoms with van der Waals surface area (Å²) in [6.45, 7) is -2.80. The summed E-state index contributed by atoms with van der Waals surface area (Å²) < 4.78 is 28.5. The van der Waals surface area contributed by atoms with Crippen LogP contribution in [0.1, 0.15) is 29.6 Å². The predicted molar refractivity (Wildman–Crippen MR) is 77.4 cm³/mol. The van der Waals surface area contributed by atoms with Gasteiger partial charge in [0.25, 0.3) is 0 Å². The van der Waals surface area contributed by atoms with Crippen molar-refractivity contribution in [3.05, 3.63) is 59.7 Å². The summed E-state index contributed by atoms with van der Waals surface area (Å²) in [7, 11) is 0. The number of rotatable bonds is 4. The molecule has 0 amide bonds. The summed E-state index contributed by atoms with van der Waals surface area (Å²) in [6, 6.07) is 14.7. The van der Waals surface area contributed by atoms with Crippen molar-refractivity contribution >= 4 is 5.69 Å². The zero-order valence-corrected chi connectivity index (χ0v) is 11.3. The normalized spacial score (nSPS) is 20.4. The fourth-order valence-electron chi connectivity index (χ4n) is 2.74. The van der Waals surface area contributed by atoms with E-state index in [4.69, 9.17) is 5.73 Å². The SMILES string of the molecule is NC1CC(Nc2ccc(OC(F)F)cc2)c2ccccc21. The van der Waals surface area contributed by atoms with Gasteiger partial charge in [-0.05, 0) is 41.8 Å². The Morgan fingerprint density at radius 2 is 1.71 bits per heavy atom. The molecule has 0 saturated heterocycles. The molecule has 0 spiro atoms. The smallest absolute Gasteiger partial charge is 0.387 e. The van der Waals surface area contributed by atoms with Gasteiger partial charge in [-0.3, -0.25) is 0 Å². The lowest BCUT2D eigenvalue weighted by Gasteiger charge is -2.16. The zero-order chi connectivity index (χ0) is 14.8. The van der Waals surface area contributed by atoms with E-state index in [1.165, 1.54) is 17.7 Å². The number of hydrogen-bond donors (Lipinski definition) is 2. The molecular formula is C16H16F2N2O. The van der Waals surface area contributed by atoms with Crippen molar-refractivity contribution in [1.29, 1.82) is 0 Å². The van der Waals surface area contributed by atoms with Gasteiger partial charge in [0.05, 0.1) is 6.04 Å². The molecule has 0 bridgehead atoms. The maximum atomic E-state index is 12.1. The number of nitrogens with two attached hydrogens (primary N) is 1. The fourth-order valence-corrected chi connectivity index (χ4v) is 2.74. The lowest BCUT2D eigenvalue weighted by Crippen LogP contribution is -2.10. The van der Waals surface area contributed by atoms with Gasteiger partial charge in [0.15, 0.2) is 0 Å². The van der Waals surface area contributed by atoms with E-state index in [9.17, 15) is 8.78 Å². The molecular weight excluding hydrogens is 274 g/mol. The maximum Gasteiger partial charge on any atom is 0.387 e. The quantitative estimate of drug-likeness (QED) is 0.899. The summed E-state index contributed by atoms with van der Waals surface area (Å²) >= 11 is 0. The van der Waals surface area contributed by atoms with Crippen molar-refractivity contribution < 1.29 is 13.5 Å². The second kappa shape index (κ2) is 5.69. The first-order valence-electron chi connectivity index (χ1n) is 6.79. The van der Waals surface area contributed by atoms with E-state index in [1.807, 2.05) is 18.2 Å². The highest BCUT2D eigenvalue weighted by Gasteiger charge is 2.27. The molecule has 0 saturated carbocycles. The molecule has 0 heterocycles. The molecule has 110 valence electrons. The molecule has 2 unspecified atom stereocenters. The second-order valence-corrected chi connectivity index (χ2v) is 5.07. The first-order valence-corrected chi connectivity index (χ1v) is 6.79. The Bertz CT molecular complexity index is 616. The Hall–Kier alpha value is -2.14. The van der Waals surface area contributed by atoms with Gasteiger partial charge in [0.1, 0.15) is 5.75 Å². The van der Waals surface area contributed by atoms with Crippen molar-refractivity contribution in [3.63, 3.8) is 0 Å². The number of benzene rings is 2. The van der Waals surface area contributed by atoms with Crippen LogP contribution >= 0.6 is 0 Å². The summed E-state index contributed by atoms with van der Waals surface area (Å²) in [6.07, 6.45) is 0.814. The highest BCUT2D eigenvalue weighted by atomic mass is 19.3. The summed E-state index contributed by atoms with van der Waals surface area (Å²) in [5.41, 5.74) is 9.33. The number of halogens is 2. The van der Waals surface area contributed by atoms with Crippen LogP contribution in [0.15, 0.2) is 48.5 Å². The van der Waals surface area contributed by atoms with Crippen LogP contribution in [-0.2, 0) is 0 Å². The molecule has 21 heavy (non-hydrogen) atoms. The van der Waals surface area contributed by atoms with E-state index in [1.54, 1.807) is 12.1 Å². The van der Waals surface area contributed by atoms with Crippen molar-refractivity contribution in [1.82, 2.24) is 0 Å². The maximum absolute atomic E-state index is 12.1. The predicted octanol–water partition coefficient (Wildman–Crippen LogP) is 3.84. The number of anilines is 1. The molecule has 5 heteroatoms. The van der Waals surface area contributed by atoms with Gasteiger partial charge >= 0.3 is 6.61 Å². The van der Waals surface area contributed by atoms with Crippen LogP contribution in [0.4, 0.5) is 14.5 Å². The molecule has 0 aromatic heterocycles. The molecule has 2 aromatic carbocycles. The number of fused-ring (bicyclic) bond motifs is 1. The number of hydrogen-bond acceptors (Lipinski definition) is 3. The van der Waals surface area contributed by atoms with Crippen LogP contribution in [0.3, 0.4) is 0 Å². The molecule has 2 atom stereocenters. The average Bonchev–Trinajstić information content (AvgIpc) is 2.78. The number of alkyl halides is 2. The molecule has 1 aliphatic rings. The van der Waals surface area contributed by atoms with Gasteiger partial charge in [-0.2, -0.15) is 8.78 Å². The molecule has 1 aliphatic carbocycles. The van der Waals surface area contributed by atoms with Crippen LogP contribution in [-0.4, -0.2) is 6.61 Å². The Balaban J connectivity index is 1.73. The van der Waals surface area contributed by atoms with Crippen LogP contribution in [0, 0.1) is 0 Å². The van der Waals surface area contributed by atoms with E-state index < -0.39 is 6.61 Å². The fraction of sp³-hybridized carbons (Fsp3) is 0.250. The van der Waals surface area contributed by atoms with Crippen LogP contribution in [0.2, 0.25) is 0 Å². The topological polar surface area (TPSA) is 47.3 Å². The molecule has 2 aromatic rings. The second-order valence-electron chi connectivity index (χ2n) is 5.07. The first kappa shape index (κ1) is 13.8. The molecule has 0 radical (unpaired) electrons. The van der Waals surface area contributed by atoms with Crippen molar-refractivity contribution in [3.8, 4) is 5.75 Å². The molecule has 3 nitrogen and oxygen atoms in total. The summed E-state index contributed by atoms with van der Waals surface area (Å²) in [5, 5.41) is 3.38. The van der Waals surface area contributed by atoms with E-state index in [-0.39, 0.29) is 17.8 Å². The number of ether oxygens (including phenoxy) is 1. The van der Waals surface area contributed by atoms with Gasteiger partial charge in [-0.15, -0.1) is 0 Å². The van der Waals surface area contributed by atoms with Gasteiger partial charge in [0.2, 0.25) is 0 Å². The lowest BCUT2D eigenvalue weighted by molar-refractivity contribution is -0.0498. The van der Waals surface area contributed by atoms with Crippen molar-refractivity contribution in [2.75, 3.05) is 5.32 Å². The third-order valence-electron chi connectivity index (χ3n) is 3.68. The Labute approximate surface area is 121 Å². The summed E-state index contributed by atoms with van der Waals surface area (Å²) in [4.78, 5) is 0. The van der Waals surface area contributed by atoms with Crippen LogP contribution in [0.5, 0.6) is 5.75 Å². The van der Waals surface area contributed by atoms with Crippen molar-refractivity contribution in [2.24, 2.45) is 5.73 Å². The third kappa shape index (κ3) is 2.97. The highest BCUT2D eigenvalue weighted by molar-refractivity contribution is 5.50. The summed E-state index contributed by atoms with van der Waals surface area (Å²) in [5.74, 6) is 0.152. The van der Waals surface area contributed by atoms with Gasteiger partial charge < -0.3 is 15.8 Å². The highest BCUT2D eigenvalue weighted by Crippen LogP contribution is 2.39. The Morgan fingerprint density at radius 3 is 2.38 bits per heavy atom. The molecule has 3 N–H and O–H groups in total. The number of nitrogens with one attached hydrogen (secondary N) is 1. The van der Waals surface area contributed by atoms with Crippen LogP contribution in [0.25, 0.3) is 0 Å². The zero-order valence-electron chi connectivity index (χ0n) is 11.3. The van der Waals surface area contributed by atoms with Crippen LogP contribution < -0.4 is 15.8 Å². The Kier molecular flexibility index (Phi) is 3.75. The van der Waals surface area contributed by atoms with Gasteiger partial charge in [-0.25, -0.2) is 0 Å². The minimum absolute atomic E-state index is 0.0279. The van der Waals surface area contributed by atoms with Gasteiger partial charge in [0, 0.05) is 11.7 Å². The van der Waals surface area contributed by atoms with Crippen molar-refractivity contribution in [2.45, 2.75) is 25.1 Å². The lowest BCUT2D eigenvalue weighted by atomic mass is 10.1. The average molecular weight is 290 g/mol. The van der Waals surface area contributed by atoms with Gasteiger partial charge in [-0.1, -0.05) is 24.3 Å². The minimum Gasteiger partial charge on any atom is -0.435 e. The van der Waals surface area contributed by atoms with E-state index in [0.29, 0.717) is 0 Å². The van der Waals surface area contributed by atoms with E-state index >= 15 is 0 Å². The monoisotopic (exact) mass is 290 g/mol. The standard InChI is InChI=1S/C16H16F2N2O/c17-16(18)21-11-7-5-10(6-8-11)20-15-9-14(19)12-3-1-2-4-13(12)15/h1-8,14-16,20H,9,19H2. The van der Waals surface area contributed by atoms with E-state index in [0.717, 1.165) is 17.7 Å². The molecule has 0 aliphatic heterocycles. The molecule has 0 fully saturated rings. The largest absolute Gasteiger partial charge is 0.435 e. The third-order valence-corrected chi connectivity index (χ3v) is 3.68. The Morgan fingerprint density at radius 1 is 1.05 bits per heavy atom. The minimum atomic E-state index is -2.80.